The van der Waals surface area contributed by atoms with Crippen LogP contribution in [0.15, 0.2) is 23.0 Å². The van der Waals surface area contributed by atoms with Gasteiger partial charge in [0.2, 0.25) is 17.7 Å². The lowest BCUT2D eigenvalue weighted by Crippen LogP contribution is -2.50. The summed E-state index contributed by atoms with van der Waals surface area (Å²) in [6.45, 7) is 6.11. The minimum absolute atomic E-state index is 0.0159. The van der Waals surface area contributed by atoms with Crippen LogP contribution in [-0.2, 0) is 25.7 Å². The number of carbonyl (C=O) groups is 4. The largest absolute Gasteiger partial charge is 0.384 e. The van der Waals surface area contributed by atoms with Crippen LogP contribution >= 0.6 is 0 Å². The molecule has 0 unspecified atom stereocenters. The van der Waals surface area contributed by atoms with E-state index in [2.05, 4.69) is 20.9 Å². The van der Waals surface area contributed by atoms with Crippen LogP contribution in [0.5, 0.6) is 0 Å². The minimum Gasteiger partial charge on any atom is -0.384 e. The Morgan fingerprint density at radius 2 is 1.76 bits per heavy atom. The van der Waals surface area contributed by atoms with Gasteiger partial charge in [-0.05, 0) is 56.2 Å². The van der Waals surface area contributed by atoms with E-state index in [1.54, 1.807) is 34.8 Å². The normalized spacial score (nSPS) is 21.6. The Hall–Kier alpha value is -3.67. The molecule has 2 aliphatic rings. The van der Waals surface area contributed by atoms with Gasteiger partial charge in [0.15, 0.2) is 0 Å². The fraction of sp³-hybridized carbons (Fsp3) is 0.633. The maximum atomic E-state index is 13.4. The molecule has 2 aromatic rings. The van der Waals surface area contributed by atoms with E-state index in [-0.39, 0.29) is 41.7 Å². The summed E-state index contributed by atoms with van der Waals surface area (Å²) in [5.74, 6) is -0.821. The highest BCUT2D eigenvalue weighted by molar-refractivity contribution is 5.97. The van der Waals surface area contributed by atoms with Crippen molar-refractivity contribution in [3.63, 3.8) is 0 Å². The lowest BCUT2D eigenvalue weighted by atomic mass is 9.98. The zero-order valence-electron chi connectivity index (χ0n) is 24.9. The van der Waals surface area contributed by atoms with Crippen molar-refractivity contribution in [2.45, 2.75) is 71.4 Å². The molecule has 0 radical (unpaired) electrons. The number of fused-ring (bicyclic) bond motifs is 1. The molecule has 0 saturated heterocycles. The van der Waals surface area contributed by atoms with Gasteiger partial charge in [0.05, 0.1) is 23.1 Å². The third-order valence-corrected chi connectivity index (χ3v) is 8.44. The van der Waals surface area contributed by atoms with E-state index >= 15 is 0 Å². The molecule has 0 spiro atoms. The second kappa shape index (κ2) is 14.0. The molecule has 4 rings (SSSR count). The summed E-state index contributed by atoms with van der Waals surface area (Å²) in [7, 11) is 1.59. The Bertz CT molecular complexity index is 1350. The van der Waals surface area contributed by atoms with E-state index in [9.17, 15) is 24.0 Å². The van der Waals surface area contributed by atoms with Gasteiger partial charge in [-0.15, -0.1) is 0 Å². The SMILES string of the molecule is CC[C@H](C)[C@@H]1NC(=O)CCCN(C(=O)C2(COC)CC2)CCCNC(=O)c2ccc3[nH]c(=O)n(c3c2)CCCNC1=O. The van der Waals surface area contributed by atoms with Crippen molar-refractivity contribution in [2.24, 2.45) is 11.3 Å². The number of nitrogens with zero attached hydrogens (tertiary/aromatic N) is 2. The Kier molecular flexibility index (Phi) is 10.4. The van der Waals surface area contributed by atoms with Crippen LogP contribution in [0.4, 0.5) is 0 Å². The molecule has 1 saturated carbocycles. The Morgan fingerprint density at radius 3 is 2.48 bits per heavy atom. The number of nitrogens with one attached hydrogen (secondary N) is 4. The summed E-state index contributed by atoms with van der Waals surface area (Å²) in [6.07, 6.45) is 3.92. The molecule has 2 bridgehead atoms. The van der Waals surface area contributed by atoms with E-state index in [0.717, 1.165) is 12.8 Å². The van der Waals surface area contributed by atoms with Crippen LogP contribution < -0.4 is 21.6 Å². The highest BCUT2D eigenvalue weighted by atomic mass is 16.5. The first-order chi connectivity index (χ1) is 20.2. The zero-order valence-corrected chi connectivity index (χ0v) is 24.9. The standard InChI is InChI=1S/C30H44N6O6/c1-4-20(2)25-27(39)32-14-7-17-36-23-18-21(9-10-22(23)33-29(36)41)26(38)31-13-6-16-35(15-5-8-24(37)34-25)28(40)30(11-12-30)19-42-3/h9-10,18,20,25H,4-8,11-17,19H2,1-3H3,(H,31,38)(H,32,39)(H,33,41)(H,34,37)/t20-,25-/m0/s1. The number of ether oxygens (including phenoxy) is 1. The molecule has 4 N–H and O–H groups in total. The van der Waals surface area contributed by atoms with Gasteiger partial charge in [-0.2, -0.15) is 0 Å². The van der Waals surface area contributed by atoms with Crippen molar-refractivity contribution in [1.82, 2.24) is 30.4 Å². The van der Waals surface area contributed by atoms with Crippen molar-refractivity contribution >= 4 is 34.7 Å². The third kappa shape index (κ3) is 7.39. The van der Waals surface area contributed by atoms with Gasteiger partial charge in [-0.1, -0.05) is 20.3 Å². The summed E-state index contributed by atoms with van der Waals surface area (Å²) >= 11 is 0. The number of aryl methyl sites for hydroxylation is 1. The van der Waals surface area contributed by atoms with Crippen LogP contribution in [0.2, 0.25) is 0 Å². The summed E-state index contributed by atoms with van der Waals surface area (Å²) in [5.41, 5.74) is 0.870. The molecule has 230 valence electrons. The van der Waals surface area contributed by atoms with Gasteiger partial charge in [0, 0.05) is 51.8 Å². The fourth-order valence-electron chi connectivity index (χ4n) is 5.52. The number of hydrogen-bond acceptors (Lipinski definition) is 6. The molecule has 4 amide bonds. The number of aromatic nitrogens is 2. The minimum atomic E-state index is -0.679. The monoisotopic (exact) mass is 584 g/mol. The van der Waals surface area contributed by atoms with Crippen molar-refractivity contribution in [2.75, 3.05) is 39.9 Å². The molecular formula is C30H44N6O6. The summed E-state index contributed by atoms with van der Waals surface area (Å²) in [6, 6.07) is 4.39. The second-order valence-electron chi connectivity index (χ2n) is 11.6. The average molecular weight is 585 g/mol. The first-order valence-corrected chi connectivity index (χ1v) is 15.0. The second-order valence-corrected chi connectivity index (χ2v) is 11.6. The molecular weight excluding hydrogens is 540 g/mol. The number of rotatable bonds is 5. The maximum Gasteiger partial charge on any atom is 0.326 e. The molecule has 2 heterocycles. The van der Waals surface area contributed by atoms with E-state index in [0.29, 0.717) is 81.6 Å². The number of methoxy groups -OCH3 is 1. The Morgan fingerprint density at radius 1 is 1.05 bits per heavy atom. The van der Waals surface area contributed by atoms with Crippen molar-refractivity contribution in [1.29, 1.82) is 0 Å². The average Bonchev–Trinajstić information content (AvgIpc) is 3.69. The van der Waals surface area contributed by atoms with Gasteiger partial charge in [0.25, 0.3) is 5.91 Å². The van der Waals surface area contributed by atoms with E-state index in [1.165, 1.54) is 0 Å². The summed E-state index contributed by atoms with van der Waals surface area (Å²) < 4.78 is 6.88. The molecule has 12 heteroatoms. The van der Waals surface area contributed by atoms with Crippen LogP contribution in [0.1, 0.15) is 69.2 Å². The Balaban J connectivity index is 1.54. The van der Waals surface area contributed by atoms with Gasteiger partial charge < -0.3 is 30.6 Å². The van der Waals surface area contributed by atoms with Crippen LogP contribution in [0.3, 0.4) is 0 Å². The van der Waals surface area contributed by atoms with Gasteiger partial charge in [-0.25, -0.2) is 4.79 Å². The smallest absolute Gasteiger partial charge is 0.326 e. The maximum absolute atomic E-state index is 13.4. The molecule has 42 heavy (non-hydrogen) atoms. The number of benzene rings is 1. The third-order valence-electron chi connectivity index (χ3n) is 8.44. The van der Waals surface area contributed by atoms with E-state index in [1.807, 2.05) is 13.8 Å². The van der Waals surface area contributed by atoms with Crippen LogP contribution in [-0.4, -0.2) is 84.0 Å². The molecule has 1 aliphatic heterocycles. The van der Waals surface area contributed by atoms with Crippen LogP contribution in [0, 0.1) is 11.3 Å². The zero-order chi connectivity index (χ0) is 30.3. The number of imidazole rings is 1. The number of H-pyrrole nitrogens is 1. The van der Waals surface area contributed by atoms with Crippen molar-refractivity contribution < 1.29 is 23.9 Å². The predicted octanol–water partition coefficient (Wildman–Crippen LogP) is 1.54. The van der Waals surface area contributed by atoms with E-state index < -0.39 is 11.5 Å². The molecule has 1 fully saturated rings. The highest BCUT2D eigenvalue weighted by Crippen LogP contribution is 2.47. The quantitative estimate of drug-likeness (QED) is 0.418. The topological polar surface area (TPSA) is 155 Å². The lowest BCUT2D eigenvalue weighted by Gasteiger charge is -2.28. The van der Waals surface area contributed by atoms with Crippen molar-refractivity contribution in [3.05, 3.63) is 34.2 Å². The first-order valence-electron chi connectivity index (χ1n) is 15.0. The van der Waals surface area contributed by atoms with Gasteiger partial charge >= 0.3 is 5.69 Å². The van der Waals surface area contributed by atoms with Gasteiger partial charge in [-0.3, -0.25) is 23.7 Å². The molecule has 1 aromatic carbocycles. The van der Waals surface area contributed by atoms with Gasteiger partial charge in [0.1, 0.15) is 6.04 Å². The molecule has 1 aromatic heterocycles. The first kappa shape index (κ1) is 31.3. The summed E-state index contributed by atoms with van der Waals surface area (Å²) in [4.78, 5) is 69.6. The number of hydrogen-bond donors (Lipinski definition) is 4. The number of amides is 4. The molecule has 1 aliphatic carbocycles. The number of aromatic amines is 1. The lowest BCUT2D eigenvalue weighted by molar-refractivity contribution is -0.139. The predicted molar refractivity (Wildman–Crippen MR) is 158 cm³/mol. The highest BCUT2D eigenvalue weighted by Gasteiger charge is 2.51. The summed E-state index contributed by atoms with van der Waals surface area (Å²) in [5, 5.41) is 8.73. The fourth-order valence-corrected chi connectivity index (χ4v) is 5.52. The van der Waals surface area contributed by atoms with Crippen molar-refractivity contribution in [3.8, 4) is 0 Å². The molecule has 12 nitrogen and oxygen atoms in total. The molecule has 2 atom stereocenters. The number of carbonyl (C=O) groups excluding carboxylic acids is 4. The van der Waals surface area contributed by atoms with E-state index in [4.69, 9.17) is 4.74 Å². The van der Waals surface area contributed by atoms with Crippen LogP contribution in [0.25, 0.3) is 11.0 Å². The Labute approximate surface area is 245 Å².